The zero-order valence-corrected chi connectivity index (χ0v) is 15.4. The summed E-state index contributed by atoms with van der Waals surface area (Å²) in [6, 6.07) is 0. The Morgan fingerprint density at radius 3 is 1.36 bits per heavy atom. The summed E-state index contributed by atoms with van der Waals surface area (Å²) < 4.78 is 6.85. The number of carbonyl (C=O) groups excluding carboxylic acids is 2. The van der Waals surface area contributed by atoms with Gasteiger partial charge >= 0.3 is 0 Å². The van der Waals surface area contributed by atoms with Crippen LogP contribution in [0, 0.1) is 0 Å². The molecule has 25 heavy (non-hydrogen) atoms. The number of ketones is 2. The van der Waals surface area contributed by atoms with Crippen LogP contribution in [0.2, 0.25) is 0 Å². The number of Topliss-reactive ketones (excluding diaryl/α,β-unsaturated/α-hetero) is 2. The van der Waals surface area contributed by atoms with Crippen molar-refractivity contribution in [3.8, 4) is 0 Å². The van der Waals surface area contributed by atoms with Crippen molar-refractivity contribution in [1.29, 1.82) is 0 Å². The summed E-state index contributed by atoms with van der Waals surface area (Å²) in [6.07, 6.45) is 11.2. The topological polar surface area (TPSA) is 49.9 Å². The molecule has 2 heterocycles. The highest BCUT2D eigenvalue weighted by Crippen LogP contribution is 2.43. The van der Waals surface area contributed by atoms with Gasteiger partial charge in [0.25, 0.3) is 0 Å². The van der Waals surface area contributed by atoms with Crippen LogP contribution in [0.3, 0.4) is 0 Å². The Labute approximate surface area is 151 Å². The van der Waals surface area contributed by atoms with Gasteiger partial charge in [-0.05, 0) is 64.2 Å². The molecule has 0 radical (unpaired) electrons. The molecule has 0 N–H and O–H groups in total. The quantitative estimate of drug-likeness (QED) is 0.782. The van der Waals surface area contributed by atoms with E-state index >= 15 is 0 Å². The zero-order valence-electron chi connectivity index (χ0n) is 15.4. The highest BCUT2D eigenvalue weighted by atomic mass is 16.6. The molecule has 0 aromatic carbocycles. The van der Waals surface area contributed by atoms with Crippen LogP contribution in [0.25, 0.3) is 0 Å². The average Bonchev–Trinajstić information content (AvgIpc) is 3.32. The summed E-state index contributed by atoms with van der Waals surface area (Å²) >= 11 is 0. The van der Waals surface area contributed by atoms with Crippen LogP contribution in [-0.4, -0.2) is 59.0 Å². The van der Waals surface area contributed by atoms with E-state index in [2.05, 4.69) is 9.80 Å². The summed E-state index contributed by atoms with van der Waals surface area (Å²) in [4.78, 5) is 30.8. The first-order chi connectivity index (χ1) is 12.2. The molecule has 2 unspecified atom stereocenters. The average molecular weight is 348 g/mol. The Bertz CT molecular complexity index is 479. The molecule has 0 spiro atoms. The molecule has 5 nitrogen and oxygen atoms in total. The lowest BCUT2D eigenvalue weighted by atomic mass is 9.85. The minimum atomic E-state index is -0.843. The Kier molecular flexibility index (Phi) is 5.00. The predicted octanol–water partition coefficient (Wildman–Crippen LogP) is 2.87. The van der Waals surface area contributed by atoms with Gasteiger partial charge in [-0.15, -0.1) is 0 Å². The molecule has 2 saturated heterocycles. The highest BCUT2D eigenvalue weighted by molar-refractivity contribution is 5.91. The number of carbonyl (C=O) groups is 2. The zero-order chi connectivity index (χ0) is 17.3. The van der Waals surface area contributed by atoms with Crippen LogP contribution in [-0.2, 0) is 14.3 Å². The lowest BCUT2D eigenvalue weighted by Crippen LogP contribution is -2.67. The third-order valence-corrected chi connectivity index (χ3v) is 6.78. The van der Waals surface area contributed by atoms with E-state index < -0.39 is 11.4 Å². The maximum Gasteiger partial charge on any atom is 0.183 e. The summed E-state index contributed by atoms with van der Waals surface area (Å²) in [5.41, 5.74) is -1.69. The van der Waals surface area contributed by atoms with Gasteiger partial charge in [-0.1, -0.05) is 0 Å². The molecule has 2 aliphatic carbocycles. The van der Waals surface area contributed by atoms with Crippen molar-refractivity contribution >= 4 is 11.6 Å². The summed E-state index contributed by atoms with van der Waals surface area (Å²) in [5.74, 6) is 0.440. The number of hydrogen-bond acceptors (Lipinski definition) is 5. The molecule has 5 heteroatoms. The maximum atomic E-state index is 13.1. The Hall–Kier alpha value is -0.780. The first kappa shape index (κ1) is 17.6. The smallest absolute Gasteiger partial charge is 0.183 e. The monoisotopic (exact) mass is 348 g/mol. The molecule has 0 bridgehead atoms. The van der Waals surface area contributed by atoms with Crippen molar-refractivity contribution in [3.05, 3.63) is 0 Å². The van der Waals surface area contributed by atoms with Crippen LogP contribution < -0.4 is 0 Å². The fraction of sp³-hybridized carbons (Fsp3) is 0.900. The minimum Gasteiger partial charge on any atom is -0.325 e. The second-order valence-corrected chi connectivity index (χ2v) is 8.32. The van der Waals surface area contributed by atoms with E-state index in [0.717, 1.165) is 90.4 Å². The van der Waals surface area contributed by atoms with E-state index in [1.807, 2.05) is 0 Å². The van der Waals surface area contributed by atoms with E-state index in [1.165, 1.54) is 0 Å². The van der Waals surface area contributed by atoms with Crippen molar-refractivity contribution in [2.75, 3.05) is 26.2 Å². The number of ether oxygens (including phenoxy) is 1. The van der Waals surface area contributed by atoms with Crippen molar-refractivity contribution in [2.24, 2.45) is 0 Å². The molecule has 0 aromatic heterocycles. The molecule has 2 aliphatic heterocycles. The first-order valence-corrected chi connectivity index (χ1v) is 10.4. The first-order valence-electron chi connectivity index (χ1n) is 10.4. The van der Waals surface area contributed by atoms with Gasteiger partial charge in [0.05, 0.1) is 0 Å². The minimum absolute atomic E-state index is 0.220. The maximum absolute atomic E-state index is 13.1. The standard InChI is InChI=1S/C20H32N2O3/c23-17-9-1-3-11-19(17,21-13-5-6-14-21)25-20(22-15-7-8-16-22)12-4-2-10-18(20)24/h1-16H2. The van der Waals surface area contributed by atoms with Crippen LogP contribution in [0.4, 0.5) is 0 Å². The van der Waals surface area contributed by atoms with Gasteiger partial charge < -0.3 is 4.74 Å². The molecule has 2 saturated carbocycles. The van der Waals surface area contributed by atoms with E-state index in [4.69, 9.17) is 4.74 Å². The van der Waals surface area contributed by atoms with Gasteiger partial charge in [0.1, 0.15) is 0 Å². The molecule has 4 rings (SSSR count). The van der Waals surface area contributed by atoms with Gasteiger partial charge in [0, 0.05) is 39.0 Å². The van der Waals surface area contributed by atoms with Crippen molar-refractivity contribution in [2.45, 2.75) is 88.5 Å². The van der Waals surface area contributed by atoms with Crippen molar-refractivity contribution in [3.63, 3.8) is 0 Å². The van der Waals surface area contributed by atoms with Gasteiger partial charge in [-0.3, -0.25) is 19.4 Å². The lowest BCUT2D eigenvalue weighted by Gasteiger charge is -2.52. The predicted molar refractivity (Wildman–Crippen MR) is 95.1 cm³/mol. The number of hydrogen-bond donors (Lipinski definition) is 0. The summed E-state index contributed by atoms with van der Waals surface area (Å²) in [6.45, 7) is 3.71. The van der Waals surface area contributed by atoms with Crippen LogP contribution in [0.1, 0.15) is 77.0 Å². The van der Waals surface area contributed by atoms with Gasteiger partial charge in [-0.2, -0.15) is 0 Å². The van der Waals surface area contributed by atoms with Crippen LogP contribution in [0.15, 0.2) is 0 Å². The Morgan fingerprint density at radius 1 is 0.600 bits per heavy atom. The van der Waals surface area contributed by atoms with Gasteiger partial charge in [-0.25, -0.2) is 0 Å². The fourth-order valence-electron chi connectivity index (χ4n) is 5.42. The fourth-order valence-corrected chi connectivity index (χ4v) is 5.42. The van der Waals surface area contributed by atoms with Crippen LogP contribution >= 0.6 is 0 Å². The van der Waals surface area contributed by atoms with Crippen LogP contribution in [0.5, 0.6) is 0 Å². The van der Waals surface area contributed by atoms with E-state index in [1.54, 1.807) is 0 Å². The number of nitrogens with zero attached hydrogens (tertiary/aromatic N) is 2. The second kappa shape index (κ2) is 7.09. The molecule has 4 aliphatic rings. The highest BCUT2D eigenvalue weighted by Gasteiger charge is 2.57. The number of rotatable bonds is 4. The number of likely N-dealkylation sites (tertiary alicyclic amines) is 2. The SMILES string of the molecule is O=C1CCCCC1(OC1(N2CCCC2)CCCCC1=O)N1CCCC1. The van der Waals surface area contributed by atoms with E-state index in [-0.39, 0.29) is 11.6 Å². The molecular weight excluding hydrogens is 316 g/mol. The summed E-state index contributed by atoms with van der Waals surface area (Å²) in [5, 5.41) is 0. The molecule has 4 fully saturated rings. The lowest BCUT2D eigenvalue weighted by molar-refractivity contribution is -0.263. The third-order valence-electron chi connectivity index (χ3n) is 6.78. The normalized spacial score (nSPS) is 38.6. The molecule has 140 valence electrons. The molecule has 0 amide bonds. The van der Waals surface area contributed by atoms with Gasteiger partial charge in [0.15, 0.2) is 23.0 Å². The van der Waals surface area contributed by atoms with E-state index in [9.17, 15) is 9.59 Å². The largest absolute Gasteiger partial charge is 0.325 e. The van der Waals surface area contributed by atoms with Gasteiger partial charge in [0.2, 0.25) is 0 Å². The molecule has 2 atom stereocenters. The van der Waals surface area contributed by atoms with Crippen molar-refractivity contribution in [1.82, 2.24) is 9.80 Å². The van der Waals surface area contributed by atoms with E-state index in [0.29, 0.717) is 12.8 Å². The summed E-state index contributed by atoms with van der Waals surface area (Å²) in [7, 11) is 0. The molecule has 0 aromatic rings. The van der Waals surface area contributed by atoms with Crippen molar-refractivity contribution < 1.29 is 14.3 Å². The second-order valence-electron chi connectivity index (χ2n) is 8.32. The third kappa shape index (κ3) is 2.98. The Balaban J connectivity index is 1.70. The molecular formula is C20H32N2O3. The Morgan fingerprint density at radius 2 is 1.00 bits per heavy atom.